The monoisotopic (exact) mass is 216 g/mol. The van der Waals surface area contributed by atoms with Crippen molar-refractivity contribution in [2.24, 2.45) is 0 Å². The van der Waals surface area contributed by atoms with Crippen molar-refractivity contribution in [3.8, 4) is 0 Å². The Morgan fingerprint density at radius 1 is 1.50 bits per heavy atom. The van der Waals surface area contributed by atoms with Crippen LogP contribution in [0.4, 0.5) is 0 Å². The highest BCUT2D eigenvalue weighted by molar-refractivity contribution is 5.83. The first-order valence-electron chi connectivity index (χ1n) is 5.42. The summed E-state index contributed by atoms with van der Waals surface area (Å²) < 4.78 is 2.12. The van der Waals surface area contributed by atoms with Crippen LogP contribution < -0.4 is 0 Å². The van der Waals surface area contributed by atoms with Crippen molar-refractivity contribution < 1.29 is 9.90 Å². The van der Waals surface area contributed by atoms with Gasteiger partial charge < -0.3 is 9.67 Å². The molecule has 0 unspecified atom stereocenters. The van der Waals surface area contributed by atoms with Gasteiger partial charge in [-0.2, -0.15) is 0 Å². The lowest BCUT2D eigenvalue weighted by atomic mass is 10.1. The summed E-state index contributed by atoms with van der Waals surface area (Å²) in [7, 11) is 0. The van der Waals surface area contributed by atoms with Crippen molar-refractivity contribution in [3.05, 3.63) is 30.1 Å². The second-order valence-electron chi connectivity index (χ2n) is 4.24. The van der Waals surface area contributed by atoms with Crippen molar-refractivity contribution in [2.75, 3.05) is 0 Å². The lowest BCUT2D eigenvalue weighted by Crippen LogP contribution is -2.03. The molecule has 1 aliphatic rings. The number of nitrogens with zero attached hydrogens (tertiary/aromatic N) is 2. The average molecular weight is 216 g/mol. The molecule has 1 aromatic carbocycles. The Morgan fingerprint density at radius 2 is 2.31 bits per heavy atom. The molecule has 1 saturated carbocycles. The molecule has 1 aliphatic carbocycles. The van der Waals surface area contributed by atoms with Crippen molar-refractivity contribution in [3.63, 3.8) is 0 Å². The van der Waals surface area contributed by atoms with Gasteiger partial charge in [-0.1, -0.05) is 12.1 Å². The molecule has 0 aliphatic heterocycles. The zero-order chi connectivity index (χ0) is 11.1. The zero-order valence-electron chi connectivity index (χ0n) is 8.76. The third-order valence-electron chi connectivity index (χ3n) is 2.96. The quantitative estimate of drug-likeness (QED) is 0.853. The number of carboxylic acids is 1. The Hall–Kier alpha value is -1.84. The second kappa shape index (κ2) is 3.33. The van der Waals surface area contributed by atoms with Crippen LogP contribution in [0, 0.1) is 0 Å². The van der Waals surface area contributed by atoms with Gasteiger partial charge in [-0.15, -0.1) is 0 Å². The maximum Gasteiger partial charge on any atom is 0.307 e. The van der Waals surface area contributed by atoms with Crippen LogP contribution in [0.2, 0.25) is 0 Å². The summed E-state index contributed by atoms with van der Waals surface area (Å²) in [6, 6.07) is 6.20. The minimum Gasteiger partial charge on any atom is -0.481 e. The Kier molecular flexibility index (Phi) is 1.96. The van der Waals surface area contributed by atoms with Crippen LogP contribution in [-0.2, 0) is 11.2 Å². The smallest absolute Gasteiger partial charge is 0.307 e. The van der Waals surface area contributed by atoms with Crippen molar-refractivity contribution >= 4 is 17.0 Å². The lowest BCUT2D eigenvalue weighted by molar-refractivity contribution is -0.136. The molecule has 0 bridgehead atoms. The van der Waals surface area contributed by atoms with Gasteiger partial charge in [0.15, 0.2) is 0 Å². The fraction of sp³-hybridized carbons (Fsp3) is 0.333. The van der Waals surface area contributed by atoms with Crippen LogP contribution in [0.5, 0.6) is 0 Å². The molecule has 3 rings (SSSR count). The van der Waals surface area contributed by atoms with Gasteiger partial charge in [-0.05, 0) is 24.5 Å². The van der Waals surface area contributed by atoms with Crippen LogP contribution in [0.3, 0.4) is 0 Å². The number of fused-ring (bicyclic) bond motifs is 1. The summed E-state index contributed by atoms with van der Waals surface area (Å²) in [6.45, 7) is 0. The van der Waals surface area contributed by atoms with Crippen molar-refractivity contribution in [1.29, 1.82) is 0 Å². The number of rotatable bonds is 3. The molecular weight excluding hydrogens is 204 g/mol. The Balaban J connectivity index is 2.17. The van der Waals surface area contributed by atoms with E-state index >= 15 is 0 Å². The summed E-state index contributed by atoms with van der Waals surface area (Å²) in [4.78, 5) is 15.1. The number of aromatic nitrogens is 2. The highest BCUT2D eigenvalue weighted by atomic mass is 16.4. The van der Waals surface area contributed by atoms with E-state index in [2.05, 4.69) is 9.55 Å². The van der Waals surface area contributed by atoms with E-state index in [0.717, 1.165) is 16.6 Å². The molecule has 1 fully saturated rings. The van der Waals surface area contributed by atoms with Gasteiger partial charge in [0.2, 0.25) is 0 Å². The first-order chi connectivity index (χ1) is 7.75. The van der Waals surface area contributed by atoms with Gasteiger partial charge in [0, 0.05) is 6.04 Å². The van der Waals surface area contributed by atoms with Crippen molar-refractivity contribution in [2.45, 2.75) is 25.3 Å². The third kappa shape index (κ3) is 1.46. The van der Waals surface area contributed by atoms with E-state index in [1.54, 1.807) is 0 Å². The Bertz CT molecular complexity index is 555. The minimum atomic E-state index is -0.795. The van der Waals surface area contributed by atoms with Gasteiger partial charge in [0.1, 0.15) is 0 Å². The van der Waals surface area contributed by atoms with Gasteiger partial charge in [0.25, 0.3) is 0 Å². The van der Waals surface area contributed by atoms with Crippen LogP contribution in [0.15, 0.2) is 24.5 Å². The predicted octanol–water partition coefficient (Wildman–Crippen LogP) is 2.00. The first-order valence-corrected chi connectivity index (χ1v) is 5.42. The fourth-order valence-corrected chi connectivity index (χ4v) is 2.10. The minimum absolute atomic E-state index is 0.0652. The fourth-order valence-electron chi connectivity index (χ4n) is 2.10. The molecule has 1 aromatic heterocycles. The highest BCUT2D eigenvalue weighted by Crippen LogP contribution is 2.37. The van der Waals surface area contributed by atoms with Gasteiger partial charge in [-0.25, -0.2) is 4.98 Å². The van der Waals surface area contributed by atoms with Gasteiger partial charge in [0.05, 0.1) is 23.8 Å². The number of aliphatic carboxylic acids is 1. The molecule has 0 spiro atoms. The zero-order valence-corrected chi connectivity index (χ0v) is 8.76. The van der Waals surface area contributed by atoms with E-state index in [1.807, 2.05) is 24.5 Å². The molecule has 0 radical (unpaired) electrons. The Labute approximate surface area is 92.5 Å². The lowest BCUT2D eigenvalue weighted by Gasteiger charge is -2.05. The van der Waals surface area contributed by atoms with Gasteiger partial charge >= 0.3 is 5.97 Å². The summed E-state index contributed by atoms with van der Waals surface area (Å²) in [5, 5.41) is 8.88. The first kappa shape index (κ1) is 9.39. The molecule has 1 heterocycles. The number of hydrogen-bond donors (Lipinski definition) is 1. The van der Waals surface area contributed by atoms with Crippen LogP contribution in [0.25, 0.3) is 11.0 Å². The molecule has 0 saturated heterocycles. The summed E-state index contributed by atoms with van der Waals surface area (Å²) in [5.41, 5.74) is 2.74. The number of carboxylic acid groups (broad SMARTS) is 1. The molecule has 4 nitrogen and oxygen atoms in total. The summed E-state index contributed by atoms with van der Waals surface area (Å²) in [5.74, 6) is -0.795. The van der Waals surface area contributed by atoms with E-state index in [-0.39, 0.29) is 6.42 Å². The van der Waals surface area contributed by atoms with E-state index in [1.165, 1.54) is 12.8 Å². The van der Waals surface area contributed by atoms with Crippen LogP contribution >= 0.6 is 0 Å². The SMILES string of the molecule is O=C(O)Cc1cccc2ncn(C3CC3)c12. The third-order valence-corrected chi connectivity index (χ3v) is 2.96. The van der Waals surface area contributed by atoms with Gasteiger partial charge in [-0.3, -0.25) is 4.79 Å². The van der Waals surface area contributed by atoms with Crippen LogP contribution in [0.1, 0.15) is 24.4 Å². The average Bonchev–Trinajstić information content (AvgIpc) is 2.98. The van der Waals surface area contributed by atoms with E-state index in [0.29, 0.717) is 6.04 Å². The Morgan fingerprint density at radius 3 is 3.00 bits per heavy atom. The molecule has 82 valence electrons. The highest BCUT2D eigenvalue weighted by Gasteiger charge is 2.26. The summed E-state index contributed by atoms with van der Waals surface area (Å²) >= 11 is 0. The number of para-hydroxylation sites is 1. The number of benzene rings is 1. The maximum absolute atomic E-state index is 10.8. The van der Waals surface area contributed by atoms with Crippen molar-refractivity contribution in [1.82, 2.24) is 9.55 Å². The van der Waals surface area contributed by atoms with E-state index in [9.17, 15) is 4.79 Å². The normalized spacial score (nSPS) is 15.5. The topological polar surface area (TPSA) is 55.1 Å². The number of hydrogen-bond acceptors (Lipinski definition) is 2. The standard InChI is InChI=1S/C12H12N2O2/c15-11(16)6-8-2-1-3-10-12(8)14(7-13-10)9-4-5-9/h1-3,7,9H,4-6H2,(H,15,16). The summed E-state index contributed by atoms with van der Waals surface area (Å²) in [6.07, 6.45) is 4.24. The number of imidazole rings is 1. The van der Waals surface area contributed by atoms with E-state index < -0.39 is 5.97 Å². The van der Waals surface area contributed by atoms with E-state index in [4.69, 9.17) is 5.11 Å². The molecule has 2 aromatic rings. The molecule has 1 N–H and O–H groups in total. The maximum atomic E-state index is 10.8. The second-order valence-corrected chi connectivity index (χ2v) is 4.24. The van der Waals surface area contributed by atoms with Crippen LogP contribution in [-0.4, -0.2) is 20.6 Å². The molecular formula is C12H12N2O2. The predicted molar refractivity (Wildman–Crippen MR) is 59.3 cm³/mol. The number of carbonyl (C=O) groups is 1. The molecule has 0 amide bonds. The molecule has 16 heavy (non-hydrogen) atoms. The molecule has 4 heteroatoms. The largest absolute Gasteiger partial charge is 0.481 e. The molecule has 0 atom stereocenters.